The van der Waals surface area contributed by atoms with Crippen molar-refractivity contribution in [2.45, 2.75) is 43.7 Å². The van der Waals surface area contributed by atoms with Crippen LogP contribution >= 0.6 is 19.8 Å². The third-order valence-electron chi connectivity index (χ3n) is 5.32. The van der Waals surface area contributed by atoms with Gasteiger partial charge in [-0.25, -0.2) is 10.1 Å². The third kappa shape index (κ3) is 4.98. The first-order valence-corrected chi connectivity index (χ1v) is 12.1. The van der Waals surface area contributed by atoms with Gasteiger partial charge in [0.05, 0.1) is 19.5 Å². The lowest BCUT2D eigenvalue weighted by Crippen LogP contribution is -2.39. The smallest absolute Gasteiger partial charge is 0.258 e. The van der Waals surface area contributed by atoms with Crippen LogP contribution in [0, 0.1) is 0 Å². The van der Waals surface area contributed by atoms with E-state index in [-0.39, 0.29) is 18.4 Å². The number of nitrogens with zero attached hydrogens (tertiary/aromatic N) is 4. The normalized spacial score (nSPS) is 26.0. The summed E-state index contributed by atoms with van der Waals surface area (Å²) in [5, 5.41) is 13.6. The molecule has 1 fully saturated rings. The van der Waals surface area contributed by atoms with E-state index >= 15 is 0 Å². The zero-order valence-electron chi connectivity index (χ0n) is 18.1. The van der Waals surface area contributed by atoms with Crippen LogP contribution in [-0.2, 0) is 20.4 Å². The Morgan fingerprint density at radius 1 is 1.36 bits per heavy atom. The van der Waals surface area contributed by atoms with Crippen molar-refractivity contribution >= 4 is 36.9 Å². The molecule has 2 aromatic heterocycles. The molecule has 11 nitrogen and oxygen atoms in total. The van der Waals surface area contributed by atoms with E-state index in [1.807, 2.05) is 37.3 Å². The molecule has 13 heteroatoms. The van der Waals surface area contributed by atoms with Gasteiger partial charge in [0.15, 0.2) is 17.4 Å². The highest BCUT2D eigenvalue weighted by atomic mass is 35.5. The lowest BCUT2D eigenvalue weighted by atomic mass is 10.0. The molecule has 33 heavy (non-hydrogen) atoms. The first-order chi connectivity index (χ1) is 15.8. The maximum atomic E-state index is 12.3. The van der Waals surface area contributed by atoms with E-state index in [4.69, 9.17) is 31.3 Å². The fourth-order valence-electron chi connectivity index (χ4n) is 3.65. The molecular formula is C20H26ClN6O5P. The van der Waals surface area contributed by atoms with Crippen molar-refractivity contribution in [2.75, 3.05) is 18.9 Å². The molecule has 3 aromatic rings. The molecule has 1 aliphatic heterocycles. The Balaban J connectivity index is 1.46. The predicted molar refractivity (Wildman–Crippen MR) is 123 cm³/mol. The molecule has 1 aromatic carbocycles. The Morgan fingerprint density at radius 3 is 2.85 bits per heavy atom. The van der Waals surface area contributed by atoms with Crippen LogP contribution in [0.2, 0.25) is 0 Å². The molecule has 178 valence electrons. The number of nitrogens with one attached hydrogen (secondary N) is 1. The fraction of sp³-hybridized carbons (Fsp3) is 0.450. The molecule has 1 unspecified atom stereocenters. The predicted octanol–water partition coefficient (Wildman–Crippen LogP) is 2.26. The number of hydrogen-bond donors (Lipinski definition) is 3. The van der Waals surface area contributed by atoms with E-state index in [9.17, 15) is 9.67 Å². The molecule has 1 aliphatic rings. The van der Waals surface area contributed by atoms with Crippen LogP contribution in [0.1, 0.15) is 25.6 Å². The minimum Gasteiger partial charge on any atom is -0.476 e. The Morgan fingerprint density at radius 2 is 2.12 bits per heavy atom. The maximum Gasteiger partial charge on any atom is 0.258 e. The van der Waals surface area contributed by atoms with E-state index in [1.165, 1.54) is 6.33 Å². The number of rotatable bonds is 9. The van der Waals surface area contributed by atoms with Gasteiger partial charge in [0, 0.05) is 6.54 Å². The molecule has 3 heterocycles. The number of aliphatic hydroxyl groups is 1. The summed E-state index contributed by atoms with van der Waals surface area (Å²) in [5.74, 6) is 0.252. The number of nitrogen functional groups attached to an aromatic ring is 1. The van der Waals surface area contributed by atoms with Crippen LogP contribution in [0.5, 0.6) is 5.88 Å². The molecule has 4 rings (SSSR count). The fourth-order valence-corrected chi connectivity index (χ4v) is 4.71. The van der Waals surface area contributed by atoms with Gasteiger partial charge in [-0.05, 0) is 19.4 Å². The number of aromatic nitrogens is 4. The van der Waals surface area contributed by atoms with Crippen molar-refractivity contribution in [3.8, 4) is 5.88 Å². The second kappa shape index (κ2) is 9.92. The average Bonchev–Trinajstić information content (AvgIpc) is 3.30. The molecule has 0 saturated carbocycles. The quantitative estimate of drug-likeness (QED) is 0.297. The maximum absolute atomic E-state index is 12.3. The summed E-state index contributed by atoms with van der Waals surface area (Å²) < 4.78 is 30.8. The first kappa shape index (κ1) is 23.9. The minimum absolute atomic E-state index is 0.00508. The van der Waals surface area contributed by atoms with Gasteiger partial charge in [-0.3, -0.25) is 9.13 Å². The summed E-state index contributed by atoms with van der Waals surface area (Å²) in [7, 11) is -2.56. The molecule has 0 amide bonds. The van der Waals surface area contributed by atoms with Crippen molar-refractivity contribution in [3.05, 3.63) is 42.2 Å². The van der Waals surface area contributed by atoms with Crippen molar-refractivity contribution in [1.29, 1.82) is 0 Å². The van der Waals surface area contributed by atoms with Gasteiger partial charge < -0.3 is 24.8 Å². The van der Waals surface area contributed by atoms with Crippen molar-refractivity contribution in [3.63, 3.8) is 0 Å². The van der Waals surface area contributed by atoms with Gasteiger partial charge in [0.1, 0.15) is 17.1 Å². The van der Waals surface area contributed by atoms with E-state index in [0.717, 1.165) is 5.56 Å². The molecule has 0 aliphatic carbocycles. The number of nitrogens with two attached hydrogens (primary N) is 1. The highest BCUT2D eigenvalue weighted by Crippen LogP contribution is 2.45. The van der Waals surface area contributed by atoms with Gasteiger partial charge in [-0.1, -0.05) is 30.3 Å². The summed E-state index contributed by atoms with van der Waals surface area (Å²) in [6, 6.07) is 9.53. The monoisotopic (exact) mass is 496 g/mol. The summed E-state index contributed by atoms with van der Waals surface area (Å²) in [6.45, 7) is 4.11. The number of aliphatic hydroxyl groups excluding tert-OH is 1. The van der Waals surface area contributed by atoms with Crippen molar-refractivity contribution in [1.82, 2.24) is 24.6 Å². The topological polar surface area (TPSA) is 147 Å². The average molecular weight is 497 g/mol. The number of halogens is 1. The summed E-state index contributed by atoms with van der Waals surface area (Å²) in [5.41, 5.74) is 7.56. The number of ether oxygens (including phenoxy) is 2. The largest absolute Gasteiger partial charge is 0.476 e. The zero-order valence-corrected chi connectivity index (χ0v) is 19.9. The van der Waals surface area contributed by atoms with Crippen LogP contribution in [0.4, 0.5) is 5.95 Å². The van der Waals surface area contributed by atoms with Crippen LogP contribution in [0.3, 0.4) is 0 Å². The number of alkyl halides is 1. The Labute approximate surface area is 196 Å². The molecule has 0 spiro atoms. The number of anilines is 1. The summed E-state index contributed by atoms with van der Waals surface area (Å²) >= 11 is 6.70. The number of imidazole rings is 1. The molecule has 0 radical (unpaired) electrons. The van der Waals surface area contributed by atoms with E-state index in [2.05, 4.69) is 20.0 Å². The van der Waals surface area contributed by atoms with E-state index in [0.29, 0.717) is 24.3 Å². The van der Waals surface area contributed by atoms with Gasteiger partial charge in [-0.2, -0.15) is 9.97 Å². The Kier molecular flexibility index (Phi) is 7.18. The lowest BCUT2D eigenvalue weighted by Gasteiger charge is -2.26. The van der Waals surface area contributed by atoms with Gasteiger partial charge in [-0.15, -0.1) is 11.6 Å². The summed E-state index contributed by atoms with van der Waals surface area (Å²) in [4.78, 5) is 11.4. The third-order valence-corrected chi connectivity index (χ3v) is 6.62. The van der Waals surface area contributed by atoms with E-state index in [1.54, 1.807) is 11.5 Å². The first-order valence-electron chi connectivity index (χ1n) is 10.4. The van der Waals surface area contributed by atoms with Gasteiger partial charge >= 0.3 is 0 Å². The second-order valence-corrected chi connectivity index (χ2v) is 9.74. The number of benzene rings is 1. The highest BCUT2D eigenvalue weighted by molar-refractivity contribution is 7.36. The van der Waals surface area contributed by atoms with Crippen LogP contribution in [0.25, 0.3) is 11.2 Å². The molecule has 5 atom stereocenters. The number of hydrogen-bond acceptors (Lipinski definition) is 9. The second-order valence-electron chi connectivity index (χ2n) is 7.70. The zero-order chi connectivity index (χ0) is 23.6. The van der Waals surface area contributed by atoms with Crippen molar-refractivity contribution in [2.24, 2.45) is 0 Å². The lowest BCUT2D eigenvalue weighted by molar-refractivity contribution is -0.0382. The summed E-state index contributed by atoms with van der Waals surface area (Å²) in [6.07, 6.45) is -1.31. The molecule has 1 saturated heterocycles. The highest BCUT2D eigenvalue weighted by Gasteiger charge is 2.53. The standard InChI is InChI=1S/C20H26ClN6O5P/c1-3-30-17-14-16(25-19(22)26-17)27(11-23-14)18-20(2,21)15(28)13(32-18)10-31-33(29)24-9-12-7-5-4-6-8-12/h4-8,11,13,15,18,28,33H,3,9-10H2,1-2H3,(H,24,29)(H2,22,25,26)/t13-,15-,18-,20-/m1/s1. The Bertz CT molecular complexity index is 1130. The van der Waals surface area contributed by atoms with Gasteiger partial charge in [0.2, 0.25) is 11.8 Å². The van der Waals surface area contributed by atoms with Gasteiger partial charge in [0.25, 0.3) is 8.18 Å². The molecular weight excluding hydrogens is 471 g/mol. The molecule has 4 N–H and O–H groups in total. The molecule has 0 bridgehead atoms. The minimum atomic E-state index is -2.56. The van der Waals surface area contributed by atoms with E-state index < -0.39 is 31.5 Å². The van der Waals surface area contributed by atoms with Crippen molar-refractivity contribution < 1.29 is 23.7 Å². The van der Waals surface area contributed by atoms with Crippen LogP contribution in [-0.4, -0.2) is 54.9 Å². The Hall–Kier alpha value is -2.27. The number of fused-ring (bicyclic) bond motifs is 1. The van der Waals surface area contributed by atoms with Crippen LogP contribution < -0.4 is 15.6 Å². The SMILES string of the molecule is CCOc1nc(N)nc2c1ncn2[C@@H]1O[C@H](CO[PH](=O)NCc2ccccc2)[C@@H](O)[C@@]1(C)Cl. The van der Waals surface area contributed by atoms with Crippen LogP contribution in [0.15, 0.2) is 36.7 Å².